The molecule has 4 rings (SSSR count). The van der Waals surface area contributed by atoms with Gasteiger partial charge in [0, 0.05) is 0 Å². The average molecular weight is 446 g/mol. The molecule has 1 atom stereocenters. The molecule has 0 radical (unpaired) electrons. The molecule has 7 nitrogen and oxygen atoms in total. The Morgan fingerprint density at radius 1 is 0.939 bits per heavy atom. The summed E-state index contributed by atoms with van der Waals surface area (Å²) in [5.74, 6) is 2.62. The number of benzene rings is 3. The molecule has 1 N–H and O–H groups in total. The molecule has 0 bridgehead atoms. The summed E-state index contributed by atoms with van der Waals surface area (Å²) in [6, 6.07) is 22.2. The highest BCUT2D eigenvalue weighted by Crippen LogP contribution is 2.23. The number of carbonyl (C=O) groups is 1. The molecule has 0 aliphatic rings. The first-order valence-electron chi connectivity index (χ1n) is 10.8. The van der Waals surface area contributed by atoms with Gasteiger partial charge in [0.15, 0.2) is 0 Å². The van der Waals surface area contributed by atoms with Crippen molar-refractivity contribution in [2.75, 3.05) is 20.8 Å². The minimum Gasteiger partial charge on any atom is -0.497 e. The molecule has 33 heavy (non-hydrogen) atoms. The minimum atomic E-state index is -0.323. The van der Waals surface area contributed by atoms with Crippen molar-refractivity contribution in [1.29, 1.82) is 0 Å². The number of nitrogens with zero attached hydrogens (tertiary/aromatic N) is 2. The molecule has 170 valence electrons. The van der Waals surface area contributed by atoms with Crippen molar-refractivity contribution in [2.24, 2.45) is 0 Å². The van der Waals surface area contributed by atoms with Gasteiger partial charge in [-0.15, -0.1) is 0 Å². The van der Waals surface area contributed by atoms with Crippen LogP contribution in [-0.2, 0) is 6.54 Å². The van der Waals surface area contributed by atoms with E-state index in [9.17, 15) is 4.79 Å². The summed E-state index contributed by atoms with van der Waals surface area (Å²) < 4.78 is 18.5. The van der Waals surface area contributed by atoms with Gasteiger partial charge in [0.1, 0.15) is 29.7 Å². The van der Waals surface area contributed by atoms with Crippen LogP contribution in [0.25, 0.3) is 11.0 Å². The third kappa shape index (κ3) is 4.92. The van der Waals surface area contributed by atoms with E-state index >= 15 is 0 Å². The Bertz CT molecular complexity index is 1230. The second-order valence-corrected chi connectivity index (χ2v) is 7.53. The van der Waals surface area contributed by atoms with Crippen LogP contribution in [-0.4, -0.2) is 36.3 Å². The van der Waals surface area contributed by atoms with E-state index in [1.54, 1.807) is 26.4 Å². The Balaban J connectivity index is 1.53. The van der Waals surface area contributed by atoms with Gasteiger partial charge in [0.2, 0.25) is 0 Å². The molecule has 1 amide bonds. The fraction of sp³-hybridized carbons (Fsp3) is 0.231. The maximum Gasteiger partial charge on any atom is 0.255 e. The number of amides is 1. The Kier molecular flexibility index (Phi) is 6.78. The highest BCUT2D eigenvalue weighted by Gasteiger charge is 2.20. The SMILES string of the molecule is COc1ccc(OCCn2c(C(C)NC(=O)c3ccccc3OC)nc3ccccc32)cc1. The molecule has 1 unspecified atom stereocenters. The van der Waals surface area contributed by atoms with Crippen LogP contribution in [0.4, 0.5) is 0 Å². The van der Waals surface area contributed by atoms with Crippen molar-refractivity contribution >= 4 is 16.9 Å². The molecule has 3 aromatic carbocycles. The maximum absolute atomic E-state index is 12.9. The van der Waals surface area contributed by atoms with Crippen LogP contribution in [0.2, 0.25) is 0 Å². The van der Waals surface area contributed by atoms with E-state index in [4.69, 9.17) is 19.2 Å². The predicted octanol–water partition coefficient (Wildman–Crippen LogP) is 4.62. The number of para-hydroxylation sites is 3. The van der Waals surface area contributed by atoms with Gasteiger partial charge in [-0.3, -0.25) is 4.79 Å². The van der Waals surface area contributed by atoms with Crippen molar-refractivity contribution in [3.05, 3.63) is 84.2 Å². The van der Waals surface area contributed by atoms with Gasteiger partial charge in [-0.05, 0) is 55.5 Å². The van der Waals surface area contributed by atoms with Gasteiger partial charge in [-0.25, -0.2) is 4.98 Å². The Morgan fingerprint density at radius 2 is 1.64 bits per heavy atom. The topological polar surface area (TPSA) is 74.6 Å². The van der Waals surface area contributed by atoms with E-state index in [0.29, 0.717) is 24.5 Å². The molecule has 7 heteroatoms. The van der Waals surface area contributed by atoms with Crippen molar-refractivity contribution < 1.29 is 19.0 Å². The number of nitrogens with one attached hydrogen (secondary N) is 1. The fourth-order valence-corrected chi connectivity index (χ4v) is 3.76. The van der Waals surface area contributed by atoms with E-state index in [2.05, 4.69) is 9.88 Å². The predicted molar refractivity (Wildman–Crippen MR) is 127 cm³/mol. The lowest BCUT2D eigenvalue weighted by Gasteiger charge is -2.17. The zero-order chi connectivity index (χ0) is 23.2. The van der Waals surface area contributed by atoms with Crippen LogP contribution in [0, 0.1) is 0 Å². The standard InChI is InChI=1S/C26H27N3O4/c1-18(27-26(30)21-8-4-7-11-24(21)32-3)25-28-22-9-5-6-10-23(22)29(25)16-17-33-20-14-12-19(31-2)13-15-20/h4-15,18H,16-17H2,1-3H3,(H,27,30). The van der Waals surface area contributed by atoms with Crippen molar-refractivity contribution in [1.82, 2.24) is 14.9 Å². The van der Waals surface area contributed by atoms with Crippen LogP contribution in [0.15, 0.2) is 72.8 Å². The number of methoxy groups -OCH3 is 2. The summed E-state index contributed by atoms with van der Waals surface area (Å²) in [5.41, 5.74) is 2.34. The second-order valence-electron chi connectivity index (χ2n) is 7.53. The first-order chi connectivity index (χ1) is 16.1. The van der Waals surface area contributed by atoms with Gasteiger partial charge in [-0.2, -0.15) is 0 Å². The molecule has 1 aromatic heterocycles. The lowest BCUT2D eigenvalue weighted by Crippen LogP contribution is -2.29. The second kappa shape index (κ2) is 10.1. The number of aromatic nitrogens is 2. The molecular formula is C26H27N3O4. The summed E-state index contributed by atoms with van der Waals surface area (Å²) in [7, 11) is 3.19. The number of imidazole rings is 1. The van der Waals surface area contributed by atoms with Crippen LogP contribution < -0.4 is 19.5 Å². The summed E-state index contributed by atoms with van der Waals surface area (Å²) in [6.45, 7) is 2.96. The van der Waals surface area contributed by atoms with Gasteiger partial charge in [0.25, 0.3) is 5.91 Å². The Morgan fingerprint density at radius 3 is 2.39 bits per heavy atom. The lowest BCUT2D eigenvalue weighted by molar-refractivity contribution is 0.0934. The quantitative estimate of drug-likeness (QED) is 0.407. The maximum atomic E-state index is 12.9. The Labute approximate surface area is 192 Å². The van der Waals surface area contributed by atoms with Gasteiger partial charge < -0.3 is 24.1 Å². The minimum absolute atomic E-state index is 0.215. The number of hydrogen-bond acceptors (Lipinski definition) is 5. The summed E-state index contributed by atoms with van der Waals surface area (Å²) in [4.78, 5) is 17.7. The largest absolute Gasteiger partial charge is 0.497 e. The normalized spacial score (nSPS) is 11.7. The zero-order valence-electron chi connectivity index (χ0n) is 18.9. The Hall–Kier alpha value is -4.00. The van der Waals surface area contributed by atoms with Crippen molar-refractivity contribution in [3.63, 3.8) is 0 Å². The van der Waals surface area contributed by atoms with Crippen LogP contribution in [0.1, 0.15) is 29.1 Å². The van der Waals surface area contributed by atoms with Gasteiger partial charge in [-0.1, -0.05) is 24.3 Å². The summed E-state index contributed by atoms with van der Waals surface area (Å²) in [6.07, 6.45) is 0. The van der Waals surface area contributed by atoms with E-state index < -0.39 is 0 Å². The molecule has 0 saturated heterocycles. The van der Waals surface area contributed by atoms with E-state index in [1.165, 1.54) is 0 Å². The molecule has 0 saturated carbocycles. The molecule has 1 heterocycles. The van der Waals surface area contributed by atoms with E-state index in [0.717, 1.165) is 28.4 Å². The van der Waals surface area contributed by atoms with Crippen LogP contribution in [0.3, 0.4) is 0 Å². The van der Waals surface area contributed by atoms with Crippen LogP contribution in [0.5, 0.6) is 17.2 Å². The first kappa shape index (κ1) is 22.2. The molecule has 0 aliphatic heterocycles. The van der Waals surface area contributed by atoms with Crippen LogP contribution >= 0.6 is 0 Å². The zero-order valence-corrected chi connectivity index (χ0v) is 18.9. The van der Waals surface area contributed by atoms with Gasteiger partial charge >= 0.3 is 0 Å². The fourth-order valence-electron chi connectivity index (χ4n) is 3.76. The number of ether oxygens (including phenoxy) is 3. The number of rotatable bonds is 9. The number of fused-ring (bicyclic) bond motifs is 1. The van der Waals surface area contributed by atoms with E-state index in [-0.39, 0.29) is 11.9 Å². The van der Waals surface area contributed by atoms with Gasteiger partial charge in [0.05, 0.1) is 43.4 Å². The molecule has 4 aromatic rings. The summed E-state index contributed by atoms with van der Waals surface area (Å²) >= 11 is 0. The van der Waals surface area contributed by atoms with Crippen molar-refractivity contribution in [3.8, 4) is 17.2 Å². The third-order valence-corrected chi connectivity index (χ3v) is 5.41. The monoisotopic (exact) mass is 445 g/mol. The van der Waals surface area contributed by atoms with E-state index in [1.807, 2.05) is 67.6 Å². The van der Waals surface area contributed by atoms with Crippen molar-refractivity contribution in [2.45, 2.75) is 19.5 Å². The molecule has 0 fully saturated rings. The highest BCUT2D eigenvalue weighted by molar-refractivity contribution is 5.97. The molecule has 0 spiro atoms. The molecule has 0 aliphatic carbocycles. The average Bonchev–Trinajstić information content (AvgIpc) is 3.23. The smallest absolute Gasteiger partial charge is 0.255 e. The number of hydrogen-bond donors (Lipinski definition) is 1. The summed E-state index contributed by atoms with van der Waals surface area (Å²) in [5, 5.41) is 3.05. The number of carbonyl (C=O) groups excluding carboxylic acids is 1. The highest BCUT2D eigenvalue weighted by atomic mass is 16.5. The molecular weight excluding hydrogens is 418 g/mol. The lowest BCUT2D eigenvalue weighted by atomic mass is 10.1. The first-order valence-corrected chi connectivity index (χ1v) is 10.8. The third-order valence-electron chi connectivity index (χ3n) is 5.41.